The van der Waals surface area contributed by atoms with E-state index < -0.39 is 0 Å². The predicted octanol–water partition coefficient (Wildman–Crippen LogP) is 1.22. The largest absolute Gasteiger partial charge is 0.312 e. The van der Waals surface area contributed by atoms with Crippen LogP contribution in [0.25, 0.3) is 0 Å². The van der Waals surface area contributed by atoms with Gasteiger partial charge in [0.15, 0.2) is 0 Å². The molecule has 1 atom stereocenters. The second kappa shape index (κ2) is 3.75. The maximum Gasteiger partial charge on any atom is 0.0167 e. The predicted molar refractivity (Wildman–Crippen MR) is 51.3 cm³/mol. The van der Waals surface area contributed by atoms with Crippen LogP contribution in [0.4, 0.5) is 0 Å². The lowest BCUT2D eigenvalue weighted by Gasteiger charge is -2.36. The molecule has 0 bridgehead atoms. The van der Waals surface area contributed by atoms with Crippen LogP contribution >= 0.6 is 0 Å². The molecule has 70 valence electrons. The van der Waals surface area contributed by atoms with Crippen molar-refractivity contribution in [3.8, 4) is 0 Å². The van der Waals surface area contributed by atoms with Crippen LogP contribution < -0.4 is 5.32 Å². The lowest BCUT2D eigenvalue weighted by molar-refractivity contribution is 0.150. The summed E-state index contributed by atoms with van der Waals surface area (Å²) in [6.45, 7) is 6.03. The van der Waals surface area contributed by atoms with Gasteiger partial charge in [-0.3, -0.25) is 4.90 Å². The van der Waals surface area contributed by atoms with E-state index in [9.17, 15) is 0 Å². The van der Waals surface area contributed by atoms with Gasteiger partial charge in [-0.1, -0.05) is 12.8 Å². The summed E-state index contributed by atoms with van der Waals surface area (Å²) in [4.78, 5) is 2.69. The number of nitrogens with zero attached hydrogens (tertiary/aromatic N) is 1. The van der Waals surface area contributed by atoms with Gasteiger partial charge >= 0.3 is 0 Å². The van der Waals surface area contributed by atoms with Gasteiger partial charge in [0.1, 0.15) is 0 Å². The third kappa shape index (κ3) is 1.80. The van der Waals surface area contributed by atoms with E-state index in [1.165, 1.54) is 45.3 Å². The molecule has 0 amide bonds. The Labute approximate surface area is 75.3 Å². The van der Waals surface area contributed by atoms with Gasteiger partial charge in [-0.2, -0.15) is 0 Å². The molecule has 1 unspecified atom stereocenters. The number of piperazine rings is 1. The fourth-order valence-electron chi connectivity index (χ4n) is 2.56. The summed E-state index contributed by atoms with van der Waals surface area (Å²) in [5.74, 6) is 0. The van der Waals surface area contributed by atoms with E-state index in [-0.39, 0.29) is 0 Å². The quantitative estimate of drug-likeness (QED) is 0.633. The molecule has 0 radical (unpaired) electrons. The molecule has 0 aromatic heterocycles. The van der Waals surface area contributed by atoms with E-state index in [2.05, 4.69) is 17.1 Å². The zero-order valence-electron chi connectivity index (χ0n) is 8.05. The molecule has 1 saturated heterocycles. The number of nitrogens with one attached hydrogen (secondary N) is 1. The first-order chi connectivity index (χ1) is 5.86. The second-order valence-corrected chi connectivity index (χ2v) is 4.29. The number of hydrogen-bond donors (Lipinski definition) is 1. The molecule has 2 nitrogen and oxygen atoms in total. The first kappa shape index (κ1) is 8.52. The highest BCUT2D eigenvalue weighted by Crippen LogP contribution is 2.23. The molecule has 1 aliphatic heterocycles. The maximum absolute atomic E-state index is 3.49. The zero-order chi connectivity index (χ0) is 8.39. The summed E-state index contributed by atoms with van der Waals surface area (Å²) in [6.07, 6.45) is 5.82. The van der Waals surface area contributed by atoms with Crippen LogP contribution in [0.5, 0.6) is 0 Å². The first-order valence-corrected chi connectivity index (χ1v) is 5.33. The third-order valence-electron chi connectivity index (χ3n) is 3.24. The zero-order valence-corrected chi connectivity index (χ0v) is 8.05. The molecule has 2 heteroatoms. The molecule has 0 aromatic carbocycles. The summed E-state index contributed by atoms with van der Waals surface area (Å²) < 4.78 is 0. The van der Waals surface area contributed by atoms with E-state index >= 15 is 0 Å². The fourth-order valence-corrected chi connectivity index (χ4v) is 2.56. The van der Waals surface area contributed by atoms with Crippen molar-refractivity contribution < 1.29 is 0 Å². The Morgan fingerprint density at radius 2 is 2.00 bits per heavy atom. The van der Waals surface area contributed by atoms with Crippen molar-refractivity contribution >= 4 is 0 Å². The molecule has 0 spiro atoms. The topological polar surface area (TPSA) is 15.3 Å². The molecule has 1 N–H and O–H groups in total. The second-order valence-electron chi connectivity index (χ2n) is 4.29. The highest BCUT2D eigenvalue weighted by molar-refractivity contribution is 4.83. The molecule has 0 aromatic rings. The highest BCUT2D eigenvalue weighted by Gasteiger charge is 2.25. The Morgan fingerprint density at radius 1 is 1.25 bits per heavy atom. The monoisotopic (exact) mass is 168 g/mol. The van der Waals surface area contributed by atoms with Crippen molar-refractivity contribution in [3.63, 3.8) is 0 Å². The van der Waals surface area contributed by atoms with Crippen LogP contribution in [0.2, 0.25) is 0 Å². The standard InChI is InChI=1S/C10H20N2/c1-9-8-12(7-6-11-9)10-4-2-3-5-10/h9-11H,2-8H2,1H3. The molecule has 1 heterocycles. The Hall–Kier alpha value is -0.0800. The Bertz CT molecular complexity index is 141. The molecular formula is C10H20N2. The van der Waals surface area contributed by atoms with Gasteiger partial charge in [-0.25, -0.2) is 0 Å². The van der Waals surface area contributed by atoms with Gasteiger partial charge in [0.05, 0.1) is 0 Å². The van der Waals surface area contributed by atoms with Crippen molar-refractivity contribution in [2.45, 2.75) is 44.7 Å². The van der Waals surface area contributed by atoms with Crippen LogP contribution in [0.3, 0.4) is 0 Å². The van der Waals surface area contributed by atoms with E-state index in [4.69, 9.17) is 0 Å². The Kier molecular flexibility index (Phi) is 2.66. The van der Waals surface area contributed by atoms with Crippen LogP contribution in [0.1, 0.15) is 32.6 Å². The average Bonchev–Trinajstić information content (AvgIpc) is 2.56. The molecular weight excluding hydrogens is 148 g/mol. The molecule has 2 fully saturated rings. The van der Waals surface area contributed by atoms with Gasteiger partial charge in [0.25, 0.3) is 0 Å². The molecule has 1 saturated carbocycles. The van der Waals surface area contributed by atoms with E-state index in [0.717, 1.165) is 6.04 Å². The minimum absolute atomic E-state index is 0.708. The molecule has 12 heavy (non-hydrogen) atoms. The van der Waals surface area contributed by atoms with Gasteiger partial charge in [0, 0.05) is 31.7 Å². The van der Waals surface area contributed by atoms with Crippen molar-refractivity contribution in [2.24, 2.45) is 0 Å². The average molecular weight is 168 g/mol. The van der Waals surface area contributed by atoms with Crippen molar-refractivity contribution in [1.29, 1.82) is 0 Å². The minimum atomic E-state index is 0.708. The van der Waals surface area contributed by atoms with Crippen LogP contribution in [0.15, 0.2) is 0 Å². The highest BCUT2D eigenvalue weighted by atomic mass is 15.2. The summed E-state index contributed by atoms with van der Waals surface area (Å²) in [6, 6.07) is 1.63. The van der Waals surface area contributed by atoms with Crippen molar-refractivity contribution in [1.82, 2.24) is 10.2 Å². The summed E-state index contributed by atoms with van der Waals surface area (Å²) in [5.41, 5.74) is 0. The molecule has 2 aliphatic rings. The van der Waals surface area contributed by atoms with Crippen LogP contribution in [-0.4, -0.2) is 36.6 Å². The number of hydrogen-bond acceptors (Lipinski definition) is 2. The third-order valence-corrected chi connectivity index (χ3v) is 3.24. The first-order valence-electron chi connectivity index (χ1n) is 5.33. The summed E-state index contributed by atoms with van der Waals surface area (Å²) >= 11 is 0. The Morgan fingerprint density at radius 3 is 2.67 bits per heavy atom. The van der Waals surface area contributed by atoms with Crippen LogP contribution in [-0.2, 0) is 0 Å². The van der Waals surface area contributed by atoms with Gasteiger partial charge < -0.3 is 5.32 Å². The summed E-state index contributed by atoms with van der Waals surface area (Å²) in [7, 11) is 0. The van der Waals surface area contributed by atoms with E-state index in [0.29, 0.717) is 6.04 Å². The molecule has 1 aliphatic carbocycles. The normalized spacial score (nSPS) is 34.2. The molecule has 2 rings (SSSR count). The van der Waals surface area contributed by atoms with Gasteiger partial charge in [-0.15, -0.1) is 0 Å². The summed E-state index contributed by atoms with van der Waals surface area (Å²) in [5, 5.41) is 3.49. The van der Waals surface area contributed by atoms with Gasteiger partial charge in [-0.05, 0) is 19.8 Å². The maximum atomic E-state index is 3.49. The van der Waals surface area contributed by atoms with Crippen molar-refractivity contribution in [2.75, 3.05) is 19.6 Å². The lowest BCUT2D eigenvalue weighted by atomic mass is 10.1. The van der Waals surface area contributed by atoms with Crippen LogP contribution in [0, 0.1) is 0 Å². The fraction of sp³-hybridized carbons (Fsp3) is 1.00. The SMILES string of the molecule is CC1CN(C2CCCC2)CCN1. The lowest BCUT2D eigenvalue weighted by Crippen LogP contribution is -2.52. The minimum Gasteiger partial charge on any atom is -0.312 e. The van der Waals surface area contributed by atoms with Gasteiger partial charge in [0.2, 0.25) is 0 Å². The number of rotatable bonds is 1. The smallest absolute Gasteiger partial charge is 0.0167 e. The van der Waals surface area contributed by atoms with E-state index in [1.807, 2.05) is 0 Å². The Balaban J connectivity index is 1.85. The van der Waals surface area contributed by atoms with E-state index in [1.54, 1.807) is 0 Å². The van der Waals surface area contributed by atoms with Crippen molar-refractivity contribution in [3.05, 3.63) is 0 Å².